The number of aromatic nitrogens is 2. The number of halogens is 1. The highest BCUT2D eigenvalue weighted by Crippen LogP contribution is 2.21. The number of aliphatic hydroxyl groups is 1. The Labute approximate surface area is 115 Å². The summed E-state index contributed by atoms with van der Waals surface area (Å²) in [4.78, 5) is 10.9. The van der Waals surface area contributed by atoms with Gasteiger partial charge in [0, 0.05) is 19.2 Å². The molecule has 6 heteroatoms. The second kappa shape index (κ2) is 6.45. The third-order valence-electron chi connectivity index (χ3n) is 3.00. The Morgan fingerprint density at radius 3 is 2.78 bits per heavy atom. The molecule has 0 spiro atoms. The maximum Gasteiger partial charge on any atom is 0.133 e. The van der Waals surface area contributed by atoms with Crippen molar-refractivity contribution < 1.29 is 9.84 Å². The lowest BCUT2D eigenvalue weighted by molar-refractivity contribution is 0.0158. The van der Waals surface area contributed by atoms with Crippen molar-refractivity contribution in [2.45, 2.75) is 25.9 Å². The molecular weight excluding hydrogens is 298 g/mol. The molecule has 1 aliphatic heterocycles. The van der Waals surface area contributed by atoms with Gasteiger partial charge in [0.25, 0.3) is 0 Å². The van der Waals surface area contributed by atoms with Crippen molar-refractivity contribution in [3.8, 4) is 0 Å². The predicted molar refractivity (Wildman–Crippen MR) is 72.7 cm³/mol. The van der Waals surface area contributed by atoms with Crippen molar-refractivity contribution in [2.75, 3.05) is 31.2 Å². The van der Waals surface area contributed by atoms with Gasteiger partial charge in [-0.1, -0.05) is 0 Å². The Bertz CT molecular complexity index is 375. The molecule has 0 aromatic carbocycles. The first-order valence-corrected chi connectivity index (χ1v) is 6.97. The molecule has 1 N–H and O–H groups in total. The van der Waals surface area contributed by atoms with Gasteiger partial charge in [-0.2, -0.15) is 0 Å². The minimum atomic E-state index is 0.0955. The molecule has 2 rings (SSSR count). The Balaban J connectivity index is 1.92. The first-order valence-electron chi connectivity index (χ1n) is 6.17. The molecule has 0 unspecified atom stereocenters. The molecule has 0 amide bonds. The van der Waals surface area contributed by atoms with Gasteiger partial charge < -0.3 is 14.7 Å². The Morgan fingerprint density at radius 1 is 1.44 bits per heavy atom. The van der Waals surface area contributed by atoms with Crippen LogP contribution in [0.3, 0.4) is 0 Å². The number of hydrogen-bond acceptors (Lipinski definition) is 5. The first kappa shape index (κ1) is 13.7. The number of nitrogens with zero attached hydrogens (tertiary/aromatic N) is 3. The summed E-state index contributed by atoms with van der Waals surface area (Å²) in [6.45, 7) is 4.28. The number of aliphatic hydroxyl groups excluding tert-OH is 1. The van der Waals surface area contributed by atoms with E-state index in [2.05, 4.69) is 30.8 Å². The van der Waals surface area contributed by atoms with E-state index in [0.29, 0.717) is 6.61 Å². The summed E-state index contributed by atoms with van der Waals surface area (Å²) in [5, 5.41) is 8.73. The highest BCUT2D eigenvalue weighted by molar-refractivity contribution is 9.10. The molecule has 0 atom stereocenters. The lowest BCUT2D eigenvalue weighted by atomic mass is 10.1. The van der Waals surface area contributed by atoms with Crippen LogP contribution in [0.1, 0.15) is 18.7 Å². The van der Waals surface area contributed by atoms with Gasteiger partial charge in [0.05, 0.1) is 19.3 Å². The lowest BCUT2D eigenvalue weighted by Crippen LogP contribution is -2.38. The van der Waals surface area contributed by atoms with E-state index < -0.39 is 0 Å². The molecule has 0 saturated carbocycles. The van der Waals surface area contributed by atoms with Gasteiger partial charge in [0.15, 0.2) is 0 Å². The summed E-state index contributed by atoms with van der Waals surface area (Å²) >= 11 is 3.40. The Kier molecular flexibility index (Phi) is 4.91. The van der Waals surface area contributed by atoms with Crippen LogP contribution in [-0.4, -0.2) is 47.5 Å². The van der Waals surface area contributed by atoms with Crippen molar-refractivity contribution in [1.29, 1.82) is 0 Å². The quantitative estimate of drug-likeness (QED) is 0.854. The normalized spacial score (nSPS) is 17.2. The molecule has 1 aliphatic rings. The maximum atomic E-state index is 8.73. The smallest absolute Gasteiger partial charge is 0.133 e. The van der Waals surface area contributed by atoms with Gasteiger partial charge in [0.1, 0.15) is 16.2 Å². The van der Waals surface area contributed by atoms with Crippen LogP contribution in [0.25, 0.3) is 0 Å². The first-order chi connectivity index (χ1) is 8.69. The standard InChI is InChI=1S/C12H18BrN3O2/c1-9-14-11(13)8-12(15-9)16-4-2-10(3-5-16)18-7-6-17/h8,10,17H,2-7H2,1H3. The average molecular weight is 316 g/mol. The molecule has 5 nitrogen and oxygen atoms in total. The van der Waals surface area contributed by atoms with Crippen LogP contribution in [0.2, 0.25) is 0 Å². The summed E-state index contributed by atoms with van der Waals surface area (Å²) < 4.78 is 6.37. The summed E-state index contributed by atoms with van der Waals surface area (Å²) in [7, 11) is 0. The van der Waals surface area contributed by atoms with Crippen molar-refractivity contribution in [3.63, 3.8) is 0 Å². The second-order valence-electron chi connectivity index (χ2n) is 4.38. The molecule has 100 valence electrons. The molecule has 0 radical (unpaired) electrons. The van der Waals surface area contributed by atoms with Crippen LogP contribution in [0.5, 0.6) is 0 Å². The molecule has 1 aromatic rings. The van der Waals surface area contributed by atoms with Crippen LogP contribution in [0, 0.1) is 6.92 Å². The number of hydrogen-bond donors (Lipinski definition) is 1. The maximum absolute atomic E-state index is 8.73. The van der Waals surface area contributed by atoms with Crippen molar-refractivity contribution >= 4 is 21.7 Å². The van der Waals surface area contributed by atoms with Gasteiger partial charge in [-0.25, -0.2) is 9.97 Å². The topological polar surface area (TPSA) is 58.5 Å². The largest absolute Gasteiger partial charge is 0.394 e. The van der Waals surface area contributed by atoms with E-state index in [1.807, 2.05) is 13.0 Å². The number of anilines is 1. The van der Waals surface area contributed by atoms with Gasteiger partial charge in [-0.05, 0) is 35.7 Å². The van der Waals surface area contributed by atoms with Crippen LogP contribution >= 0.6 is 15.9 Å². The molecule has 1 aromatic heterocycles. The van der Waals surface area contributed by atoms with E-state index in [1.165, 1.54) is 0 Å². The SMILES string of the molecule is Cc1nc(Br)cc(N2CCC(OCCO)CC2)n1. The van der Waals surface area contributed by atoms with Gasteiger partial charge in [0.2, 0.25) is 0 Å². The minimum absolute atomic E-state index is 0.0955. The molecule has 1 saturated heterocycles. The third kappa shape index (κ3) is 3.63. The Hall–Kier alpha value is -0.720. The van der Waals surface area contributed by atoms with Crippen molar-refractivity contribution in [1.82, 2.24) is 9.97 Å². The number of aryl methyl sites for hydroxylation is 1. The second-order valence-corrected chi connectivity index (χ2v) is 5.19. The predicted octanol–water partition coefficient (Wildman–Crippen LogP) is 1.53. The Morgan fingerprint density at radius 2 is 2.17 bits per heavy atom. The van der Waals surface area contributed by atoms with E-state index in [4.69, 9.17) is 9.84 Å². The monoisotopic (exact) mass is 315 g/mol. The molecule has 0 bridgehead atoms. The fraction of sp³-hybridized carbons (Fsp3) is 0.667. The lowest BCUT2D eigenvalue weighted by Gasteiger charge is -2.32. The summed E-state index contributed by atoms with van der Waals surface area (Å²) in [5.74, 6) is 1.74. The summed E-state index contributed by atoms with van der Waals surface area (Å²) in [6, 6.07) is 1.95. The molecule has 0 aliphatic carbocycles. The number of ether oxygens (including phenoxy) is 1. The number of piperidine rings is 1. The fourth-order valence-corrected chi connectivity index (χ4v) is 2.61. The van der Waals surface area contributed by atoms with E-state index in [9.17, 15) is 0 Å². The van der Waals surface area contributed by atoms with Gasteiger partial charge in [-0.15, -0.1) is 0 Å². The number of rotatable bonds is 4. The highest BCUT2D eigenvalue weighted by Gasteiger charge is 2.20. The highest BCUT2D eigenvalue weighted by atomic mass is 79.9. The summed E-state index contributed by atoms with van der Waals surface area (Å²) in [5.41, 5.74) is 0. The van der Waals surface area contributed by atoms with Gasteiger partial charge >= 0.3 is 0 Å². The summed E-state index contributed by atoms with van der Waals surface area (Å²) in [6.07, 6.45) is 2.21. The molecule has 18 heavy (non-hydrogen) atoms. The van der Waals surface area contributed by atoms with Crippen LogP contribution < -0.4 is 4.90 Å². The van der Waals surface area contributed by atoms with Crippen LogP contribution in [-0.2, 0) is 4.74 Å². The van der Waals surface area contributed by atoms with Crippen molar-refractivity contribution in [3.05, 3.63) is 16.5 Å². The van der Waals surface area contributed by atoms with E-state index in [1.54, 1.807) is 0 Å². The zero-order valence-corrected chi connectivity index (χ0v) is 12.1. The molecule has 2 heterocycles. The zero-order valence-electron chi connectivity index (χ0n) is 10.5. The minimum Gasteiger partial charge on any atom is -0.394 e. The van der Waals surface area contributed by atoms with Crippen molar-refractivity contribution in [2.24, 2.45) is 0 Å². The van der Waals surface area contributed by atoms with Crippen LogP contribution in [0.15, 0.2) is 10.7 Å². The van der Waals surface area contributed by atoms with E-state index in [0.717, 1.165) is 42.2 Å². The zero-order chi connectivity index (χ0) is 13.0. The van der Waals surface area contributed by atoms with E-state index >= 15 is 0 Å². The van der Waals surface area contributed by atoms with E-state index in [-0.39, 0.29) is 12.7 Å². The molecule has 1 fully saturated rings. The molecular formula is C12H18BrN3O2. The third-order valence-corrected chi connectivity index (χ3v) is 3.41. The fourth-order valence-electron chi connectivity index (χ4n) is 2.15. The van der Waals surface area contributed by atoms with Gasteiger partial charge in [-0.3, -0.25) is 0 Å². The average Bonchev–Trinajstić information content (AvgIpc) is 2.36. The van der Waals surface area contributed by atoms with Crippen LogP contribution in [0.4, 0.5) is 5.82 Å².